The van der Waals surface area contributed by atoms with Gasteiger partial charge in [-0.2, -0.15) is 26.3 Å². The molecule has 0 bridgehead atoms. The fraction of sp³-hybridized carbons (Fsp3) is 0.329. The molecule has 4 aliphatic rings. The van der Waals surface area contributed by atoms with Crippen molar-refractivity contribution in [1.29, 1.82) is 0 Å². The van der Waals surface area contributed by atoms with E-state index >= 15 is 13.2 Å². The van der Waals surface area contributed by atoms with Crippen LogP contribution in [0.3, 0.4) is 0 Å². The minimum Gasteiger partial charge on any atom is -0.497 e. The molecule has 446 valence electrons. The van der Waals surface area contributed by atoms with Gasteiger partial charge in [-0.3, -0.25) is 4.79 Å². The Labute approximate surface area is 500 Å². The molecular weight excluding hydrogens is 1100 g/mol. The summed E-state index contributed by atoms with van der Waals surface area (Å²) >= 11 is 0. The summed E-state index contributed by atoms with van der Waals surface area (Å²) in [6.45, 7) is 12.4. The first-order valence-electron chi connectivity index (χ1n) is 29.8. The molecule has 7 aromatic rings. The predicted octanol–water partition coefficient (Wildman–Crippen LogP) is 19.2. The van der Waals surface area contributed by atoms with E-state index in [1.807, 2.05) is 72.8 Å². The molecule has 13 heteroatoms. The highest BCUT2D eigenvalue weighted by atomic mass is 19.4. The van der Waals surface area contributed by atoms with E-state index < -0.39 is 34.5 Å². The molecule has 1 saturated carbocycles. The molecule has 7 nitrogen and oxygen atoms in total. The second-order valence-electron chi connectivity index (χ2n) is 23.8. The van der Waals surface area contributed by atoms with Gasteiger partial charge < -0.3 is 29.2 Å². The standard InChI is InChI=1S/C73H72F6N2O5/c1-8-9-10-11-47-12-14-48(15-13-47)49-16-18-50(19-17-49)51-20-22-53(23-21-51)69(82)80-56-30-24-52(25-31-56)60-43-61-62(44-64(60)84-7)68-59(67-65(61)63(42-45(2)72(74,75)76)66(70(67,4)5)46(3)73(77,78)79)36-37-71(86-68,55-28-34-58(83-6)35-29-55)54-26-32-57(33-27-54)81-38-40-85-41-39-81/h16-37,42-44,47-48H,3,8-15,38-41H2,1-2,4-7H3,(H,80,82). The van der Waals surface area contributed by atoms with Gasteiger partial charge in [-0.15, -0.1) is 0 Å². The highest BCUT2D eigenvalue weighted by Gasteiger charge is 2.50. The average Bonchev–Trinajstić information content (AvgIpc) is 1.46. The van der Waals surface area contributed by atoms with Gasteiger partial charge in [0.05, 0.1) is 33.0 Å². The maximum Gasteiger partial charge on any atom is 0.416 e. The minimum absolute atomic E-state index is 0.175. The van der Waals surface area contributed by atoms with E-state index in [1.54, 1.807) is 69.5 Å². The van der Waals surface area contributed by atoms with Crippen molar-refractivity contribution in [3.63, 3.8) is 0 Å². The Balaban J connectivity index is 0.964. The molecule has 0 spiro atoms. The highest BCUT2D eigenvalue weighted by Crippen LogP contribution is 2.61. The van der Waals surface area contributed by atoms with Crippen LogP contribution in [0.4, 0.5) is 37.7 Å². The van der Waals surface area contributed by atoms with E-state index in [-0.39, 0.29) is 28.4 Å². The molecule has 1 amide bonds. The normalized spacial score (nSPS) is 19.4. The van der Waals surface area contributed by atoms with E-state index in [0.29, 0.717) is 93.6 Å². The third kappa shape index (κ3) is 11.6. The fourth-order valence-electron chi connectivity index (χ4n) is 13.4. The highest BCUT2D eigenvalue weighted by molar-refractivity contribution is 6.10. The first-order valence-corrected chi connectivity index (χ1v) is 29.8. The summed E-state index contributed by atoms with van der Waals surface area (Å²) < 4.78 is 115. The number of nitrogens with one attached hydrogen (secondary N) is 1. The molecule has 2 aliphatic heterocycles. The number of unbranched alkanes of at least 4 members (excludes halogenated alkanes) is 2. The monoisotopic (exact) mass is 1170 g/mol. The van der Waals surface area contributed by atoms with Gasteiger partial charge in [0, 0.05) is 68.7 Å². The zero-order valence-corrected chi connectivity index (χ0v) is 49.5. The van der Waals surface area contributed by atoms with Crippen molar-refractivity contribution in [3.8, 4) is 39.5 Å². The third-order valence-corrected chi connectivity index (χ3v) is 18.2. The zero-order chi connectivity index (χ0) is 60.7. The minimum atomic E-state index is -5.01. The maximum atomic E-state index is 15.2. The van der Waals surface area contributed by atoms with Crippen LogP contribution in [-0.4, -0.2) is 58.8 Å². The van der Waals surface area contributed by atoms with Crippen molar-refractivity contribution < 1.29 is 50.1 Å². The molecule has 2 aliphatic carbocycles. The number of amides is 1. The van der Waals surface area contributed by atoms with Gasteiger partial charge in [-0.1, -0.05) is 132 Å². The van der Waals surface area contributed by atoms with Crippen LogP contribution in [0.5, 0.6) is 17.2 Å². The summed E-state index contributed by atoms with van der Waals surface area (Å²) in [5.41, 5.74) is 2.90. The number of carbonyl (C=O) groups excluding carboxylic acids is 1. The van der Waals surface area contributed by atoms with Gasteiger partial charge in [0.2, 0.25) is 0 Å². The van der Waals surface area contributed by atoms with Crippen molar-refractivity contribution in [3.05, 3.63) is 208 Å². The topological polar surface area (TPSA) is 69.3 Å². The SMILES string of the molecule is C=C(C1=C(C=C(C)C(F)(F)F)c2c(c3c(c4cc(OC)c(-c5ccc(NC(=O)c6ccc(-c7ccc(C8CCC(CCCCC)CC8)cc7)cc6)cc5)cc24)OC(c2ccc(OC)cc2)(c2ccc(N4CCOCC4)cc2)C=C3)C1(C)C)C(F)(F)F. The van der Waals surface area contributed by atoms with Crippen LogP contribution in [0.1, 0.15) is 129 Å². The largest absolute Gasteiger partial charge is 0.497 e. The first kappa shape index (κ1) is 59.7. The second kappa shape index (κ2) is 24.0. The van der Waals surface area contributed by atoms with Crippen LogP contribution in [0.2, 0.25) is 0 Å². The number of alkyl halides is 6. The molecule has 1 atom stereocenters. The lowest BCUT2D eigenvalue weighted by Crippen LogP contribution is -2.37. The van der Waals surface area contributed by atoms with Crippen LogP contribution in [0.25, 0.3) is 44.7 Å². The van der Waals surface area contributed by atoms with Gasteiger partial charge in [-0.05, 0) is 167 Å². The Hall–Kier alpha value is -8.03. The van der Waals surface area contributed by atoms with Crippen LogP contribution in [0.15, 0.2) is 169 Å². The summed E-state index contributed by atoms with van der Waals surface area (Å²) in [6.07, 6.45) is 4.94. The number of hydrogen-bond acceptors (Lipinski definition) is 6. The number of fused-ring (bicyclic) bond motifs is 6. The molecular formula is C73H72F6N2O5. The molecule has 0 radical (unpaired) electrons. The summed E-state index contributed by atoms with van der Waals surface area (Å²) in [7, 11) is 3.06. The van der Waals surface area contributed by atoms with Gasteiger partial charge in [-0.25, -0.2) is 0 Å². The van der Waals surface area contributed by atoms with E-state index in [1.165, 1.54) is 64.0 Å². The van der Waals surface area contributed by atoms with Crippen LogP contribution in [0, 0.1) is 5.92 Å². The summed E-state index contributed by atoms with van der Waals surface area (Å²) in [6, 6.07) is 42.3. The predicted molar refractivity (Wildman–Crippen MR) is 332 cm³/mol. The van der Waals surface area contributed by atoms with Crippen LogP contribution in [-0.2, 0) is 15.8 Å². The Morgan fingerprint density at radius 2 is 1.36 bits per heavy atom. The molecule has 1 unspecified atom stereocenters. The summed E-state index contributed by atoms with van der Waals surface area (Å²) in [5.74, 6) is 2.36. The number of benzene rings is 7. The van der Waals surface area contributed by atoms with E-state index in [0.717, 1.165) is 41.3 Å². The lowest BCUT2D eigenvalue weighted by Gasteiger charge is -2.39. The number of hydrogen-bond donors (Lipinski definition) is 1. The van der Waals surface area contributed by atoms with Gasteiger partial charge >= 0.3 is 12.4 Å². The molecule has 7 aromatic carbocycles. The van der Waals surface area contributed by atoms with Crippen molar-refractivity contribution >= 4 is 39.7 Å². The fourth-order valence-corrected chi connectivity index (χ4v) is 13.4. The molecule has 86 heavy (non-hydrogen) atoms. The van der Waals surface area contributed by atoms with E-state index in [2.05, 4.69) is 48.0 Å². The maximum absolute atomic E-state index is 15.2. The van der Waals surface area contributed by atoms with Crippen molar-refractivity contribution in [2.24, 2.45) is 5.92 Å². The number of methoxy groups -OCH3 is 2. The molecule has 1 N–H and O–H groups in total. The third-order valence-electron chi connectivity index (χ3n) is 18.2. The Morgan fingerprint density at radius 1 is 0.744 bits per heavy atom. The van der Waals surface area contributed by atoms with E-state index in [9.17, 15) is 18.0 Å². The Morgan fingerprint density at radius 3 is 1.95 bits per heavy atom. The lowest BCUT2D eigenvalue weighted by atomic mass is 9.74. The number of rotatable bonds is 16. The number of morpholine rings is 1. The number of carbonyl (C=O) groups is 1. The lowest BCUT2D eigenvalue weighted by molar-refractivity contribution is -0.0913. The van der Waals surface area contributed by atoms with Crippen molar-refractivity contribution in [1.82, 2.24) is 0 Å². The molecule has 2 heterocycles. The number of nitrogens with zero attached hydrogens (tertiary/aromatic N) is 1. The number of allylic oxidation sites excluding steroid dienone is 5. The van der Waals surface area contributed by atoms with Crippen LogP contribution >= 0.6 is 0 Å². The summed E-state index contributed by atoms with van der Waals surface area (Å²) in [5, 5.41) is 3.71. The zero-order valence-electron chi connectivity index (χ0n) is 49.5. The summed E-state index contributed by atoms with van der Waals surface area (Å²) in [4.78, 5) is 16.0. The van der Waals surface area contributed by atoms with Gasteiger partial charge in [0.1, 0.15) is 17.2 Å². The number of halogens is 6. The number of ether oxygens (including phenoxy) is 4. The molecule has 2 fully saturated rings. The number of anilines is 2. The van der Waals surface area contributed by atoms with Crippen molar-refractivity contribution in [2.45, 2.75) is 108 Å². The molecule has 1 saturated heterocycles. The van der Waals surface area contributed by atoms with Gasteiger partial charge in [0.15, 0.2) is 5.60 Å². The molecule has 0 aromatic heterocycles. The first-order chi connectivity index (χ1) is 41.2. The smallest absolute Gasteiger partial charge is 0.416 e. The van der Waals surface area contributed by atoms with E-state index in [4.69, 9.17) is 18.9 Å². The Kier molecular flexibility index (Phi) is 16.7. The van der Waals surface area contributed by atoms with Crippen LogP contribution < -0.4 is 24.4 Å². The second-order valence-corrected chi connectivity index (χ2v) is 23.8. The average molecular weight is 1170 g/mol. The van der Waals surface area contributed by atoms with Gasteiger partial charge in [0.25, 0.3) is 5.91 Å². The van der Waals surface area contributed by atoms with Crippen molar-refractivity contribution in [2.75, 3.05) is 50.7 Å². The quantitative estimate of drug-likeness (QED) is 0.0768. The Bertz CT molecular complexity index is 3750. The molecule has 11 rings (SSSR count).